The van der Waals surface area contributed by atoms with Gasteiger partial charge in [0.25, 0.3) is 0 Å². The second-order valence-electron chi connectivity index (χ2n) is 7.68. The average molecular weight is 308 g/mol. The summed E-state index contributed by atoms with van der Waals surface area (Å²) in [5.74, 6) is 0.861. The Morgan fingerprint density at radius 3 is 2.48 bits per heavy atom. The van der Waals surface area contributed by atoms with E-state index in [4.69, 9.17) is 11.6 Å². The van der Waals surface area contributed by atoms with Crippen LogP contribution in [0.25, 0.3) is 0 Å². The van der Waals surface area contributed by atoms with Crippen molar-refractivity contribution in [2.24, 2.45) is 11.3 Å². The van der Waals surface area contributed by atoms with Crippen LogP contribution < -0.4 is 5.32 Å². The molecule has 118 valence electrons. The number of hydrogen-bond donors (Lipinski definition) is 1. The van der Waals surface area contributed by atoms with E-state index in [2.05, 4.69) is 45.1 Å². The van der Waals surface area contributed by atoms with Gasteiger partial charge in [0.1, 0.15) is 0 Å². The molecule has 1 N–H and O–H groups in total. The zero-order valence-corrected chi connectivity index (χ0v) is 14.7. The quantitative estimate of drug-likeness (QED) is 0.677. The molecule has 0 heterocycles. The Kier molecular flexibility index (Phi) is 5.73. The largest absolute Gasteiger partial charge is 0.307 e. The molecule has 1 fully saturated rings. The summed E-state index contributed by atoms with van der Waals surface area (Å²) in [6.45, 7) is 9.39. The summed E-state index contributed by atoms with van der Waals surface area (Å²) >= 11 is 6.31. The SMILES string of the molecule is C[C@@H](NC1CCCC(C(C)(C)C)CC1)c1ccccc1Cl. The third-order valence-electron chi connectivity index (χ3n) is 5.05. The van der Waals surface area contributed by atoms with Gasteiger partial charge in [-0.25, -0.2) is 0 Å². The number of halogens is 1. The first-order valence-corrected chi connectivity index (χ1v) is 8.76. The minimum Gasteiger partial charge on any atom is -0.307 e. The molecular formula is C19H30ClN. The smallest absolute Gasteiger partial charge is 0.0453 e. The number of benzene rings is 1. The first kappa shape index (κ1) is 16.8. The molecule has 2 rings (SSSR count). The molecule has 1 aromatic carbocycles. The highest BCUT2D eigenvalue weighted by Crippen LogP contribution is 2.37. The first-order chi connectivity index (χ1) is 9.88. The predicted octanol–water partition coefficient (Wildman–Crippen LogP) is 5.99. The molecule has 3 atom stereocenters. The maximum absolute atomic E-state index is 6.31. The minimum absolute atomic E-state index is 0.329. The molecule has 1 aromatic rings. The van der Waals surface area contributed by atoms with Crippen molar-refractivity contribution in [1.82, 2.24) is 5.32 Å². The molecule has 2 unspecified atom stereocenters. The van der Waals surface area contributed by atoms with E-state index in [1.807, 2.05) is 12.1 Å². The van der Waals surface area contributed by atoms with E-state index in [0.717, 1.165) is 10.9 Å². The molecule has 21 heavy (non-hydrogen) atoms. The zero-order valence-electron chi connectivity index (χ0n) is 14.0. The number of hydrogen-bond acceptors (Lipinski definition) is 1. The fourth-order valence-corrected chi connectivity index (χ4v) is 3.90. The molecule has 0 amide bonds. The van der Waals surface area contributed by atoms with Gasteiger partial charge in [0, 0.05) is 17.1 Å². The second kappa shape index (κ2) is 7.15. The van der Waals surface area contributed by atoms with Crippen LogP contribution in [0.3, 0.4) is 0 Å². The van der Waals surface area contributed by atoms with E-state index in [1.165, 1.54) is 37.7 Å². The van der Waals surface area contributed by atoms with Crippen LogP contribution in [0.5, 0.6) is 0 Å². The normalized spacial score (nSPS) is 25.4. The monoisotopic (exact) mass is 307 g/mol. The average Bonchev–Trinajstić information content (AvgIpc) is 2.64. The van der Waals surface area contributed by atoms with Crippen LogP contribution in [0, 0.1) is 11.3 Å². The van der Waals surface area contributed by atoms with Gasteiger partial charge in [-0.05, 0) is 55.6 Å². The molecule has 1 nitrogen and oxygen atoms in total. The van der Waals surface area contributed by atoms with E-state index in [1.54, 1.807) is 0 Å². The van der Waals surface area contributed by atoms with E-state index in [9.17, 15) is 0 Å². The van der Waals surface area contributed by atoms with Crippen LogP contribution in [0.15, 0.2) is 24.3 Å². The van der Waals surface area contributed by atoms with Crippen LogP contribution in [0.2, 0.25) is 5.02 Å². The molecular weight excluding hydrogens is 278 g/mol. The zero-order chi connectivity index (χ0) is 15.5. The second-order valence-corrected chi connectivity index (χ2v) is 8.09. The lowest BCUT2D eigenvalue weighted by atomic mass is 9.76. The Bertz CT molecular complexity index is 449. The number of nitrogens with one attached hydrogen (secondary N) is 1. The van der Waals surface area contributed by atoms with Crippen LogP contribution in [0.1, 0.15) is 71.4 Å². The predicted molar refractivity (Wildman–Crippen MR) is 92.8 cm³/mol. The topological polar surface area (TPSA) is 12.0 Å². The molecule has 0 bridgehead atoms. The van der Waals surface area contributed by atoms with Gasteiger partial charge in [-0.15, -0.1) is 0 Å². The van der Waals surface area contributed by atoms with Gasteiger partial charge in [-0.3, -0.25) is 0 Å². The number of rotatable bonds is 3. The summed E-state index contributed by atoms with van der Waals surface area (Å²) in [5, 5.41) is 4.68. The Labute approximate surface area is 135 Å². The summed E-state index contributed by atoms with van der Waals surface area (Å²) in [4.78, 5) is 0. The summed E-state index contributed by atoms with van der Waals surface area (Å²) in [5.41, 5.74) is 1.67. The Hall–Kier alpha value is -0.530. The molecule has 0 radical (unpaired) electrons. The van der Waals surface area contributed by atoms with Gasteiger partial charge in [-0.2, -0.15) is 0 Å². The fraction of sp³-hybridized carbons (Fsp3) is 0.684. The van der Waals surface area contributed by atoms with Gasteiger partial charge in [0.2, 0.25) is 0 Å². The van der Waals surface area contributed by atoms with Gasteiger partial charge >= 0.3 is 0 Å². The molecule has 0 saturated heterocycles. The fourth-order valence-electron chi connectivity index (χ4n) is 3.60. The van der Waals surface area contributed by atoms with Crippen LogP contribution in [-0.4, -0.2) is 6.04 Å². The Morgan fingerprint density at radius 1 is 1.10 bits per heavy atom. The van der Waals surface area contributed by atoms with Crippen molar-refractivity contribution in [1.29, 1.82) is 0 Å². The third-order valence-corrected chi connectivity index (χ3v) is 5.40. The van der Waals surface area contributed by atoms with Crippen molar-refractivity contribution in [3.05, 3.63) is 34.9 Å². The molecule has 0 spiro atoms. The molecule has 0 aliphatic heterocycles. The highest BCUT2D eigenvalue weighted by molar-refractivity contribution is 6.31. The van der Waals surface area contributed by atoms with Gasteiger partial charge < -0.3 is 5.32 Å². The lowest BCUT2D eigenvalue weighted by Crippen LogP contribution is -2.31. The minimum atomic E-state index is 0.329. The Balaban J connectivity index is 1.93. The first-order valence-electron chi connectivity index (χ1n) is 8.38. The van der Waals surface area contributed by atoms with Crippen molar-refractivity contribution in [3.8, 4) is 0 Å². The standard InChI is InChI=1S/C19H30ClN/c1-14(17-10-5-6-11-18(17)20)21-16-9-7-8-15(12-13-16)19(2,3)4/h5-6,10-11,14-16,21H,7-9,12-13H2,1-4H3/t14-,15?,16?/m1/s1. The van der Waals surface area contributed by atoms with E-state index in [0.29, 0.717) is 17.5 Å². The molecule has 1 saturated carbocycles. The maximum atomic E-state index is 6.31. The van der Waals surface area contributed by atoms with Crippen LogP contribution in [-0.2, 0) is 0 Å². The van der Waals surface area contributed by atoms with Gasteiger partial charge in [0.15, 0.2) is 0 Å². The summed E-state index contributed by atoms with van der Waals surface area (Å²) in [6, 6.07) is 9.14. The highest BCUT2D eigenvalue weighted by atomic mass is 35.5. The van der Waals surface area contributed by atoms with Crippen LogP contribution >= 0.6 is 11.6 Å². The lowest BCUT2D eigenvalue weighted by molar-refractivity contribution is 0.213. The summed E-state index contributed by atoms with van der Waals surface area (Å²) in [6.07, 6.45) is 6.64. The maximum Gasteiger partial charge on any atom is 0.0453 e. The van der Waals surface area contributed by atoms with Gasteiger partial charge in [-0.1, -0.05) is 57.0 Å². The third kappa shape index (κ3) is 4.72. The van der Waals surface area contributed by atoms with Crippen molar-refractivity contribution < 1.29 is 0 Å². The molecule has 2 heteroatoms. The van der Waals surface area contributed by atoms with Crippen molar-refractivity contribution >= 4 is 11.6 Å². The molecule has 0 aromatic heterocycles. The van der Waals surface area contributed by atoms with E-state index >= 15 is 0 Å². The highest BCUT2D eigenvalue weighted by Gasteiger charge is 2.28. The summed E-state index contributed by atoms with van der Waals surface area (Å²) < 4.78 is 0. The van der Waals surface area contributed by atoms with Crippen molar-refractivity contribution in [2.45, 2.75) is 71.9 Å². The van der Waals surface area contributed by atoms with Crippen LogP contribution in [0.4, 0.5) is 0 Å². The Morgan fingerprint density at radius 2 is 1.81 bits per heavy atom. The summed E-state index contributed by atoms with van der Waals surface area (Å²) in [7, 11) is 0. The molecule has 1 aliphatic carbocycles. The molecule has 1 aliphatic rings. The lowest BCUT2D eigenvalue weighted by Gasteiger charge is -2.30. The van der Waals surface area contributed by atoms with Crippen molar-refractivity contribution in [2.75, 3.05) is 0 Å². The van der Waals surface area contributed by atoms with E-state index < -0.39 is 0 Å². The van der Waals surface area contributed by atoms with Crippen molar-refractivity contribution in [3.63, 3.8) is 0 Å². The van der Waals surface area contributed by atoms with Gasteiger partial charge in [0.05, 0.1) is 0 Å². The van der Waals surface area contributed by atoms with E-state index in [-0.39, 0.29) is 0 Å².